The Balaban J connectivity index is 2.37. The van der Waals surface area contributed by atoms with E-state index >= 15 is 0 Å². The first-order valence-electron chi connectivity index (χ1n) is 5.47. The van der Waals surface area contributed by atoms with Gasteiger partial charge >= 0.3 is 0 Å². The number of benzene rings is 1. The number of aromatic hydroxyl groups is 1. The molecule has 1 aromatic carbocycles. The van der Waals surface area contributed by atoms with Crippen molar-refractivity contribution in [1.82, 2.24) is 10.2 Å². The zero-order chi connectivity index (χ0) is 12.7. The standard InChI is InChI=1S/C13H18N2O2/c1-15(2)10-9-14-13(17)8-5-11-3-6-12(16)7-4-11/h3-8,16H,9-10H2,1-2H3,(H,14,17)/b8-5+. The number of nitrogens with one attached hydrogen (secondary N) is 1. The molecule has 2 N–H and O–H groups in total. The largest absolute Gasteiger partial charge is 0.508 e. The molecular formula is C13H18N2O2. The maximum atomic E-state index is 11.4. The van der Waals surface area contributed by atoms with E-state index in [1.165, 1.54) is 6.08 Å². The van der Waals surface area contributed by atoms with E-state index in [2.05, 4.69) is 5.32 Å². The van der Waals surface area contributed by atoms with Crippen molar-refractivity contribution in [3.63, 3.8) is 0 Å². The van der Waals surface area contributed by atoms with Gasteiger partial charge in [-0.3, -0.25) is 4.79 Å². The van der Waals surface area contributed by atoms with Crippen molar-refractivity contribution in [3.05, 3.63) is 35.9 Å². The highest BCUT2D eigenvalue weighted by molar-refractivity contribution is 5.91. The normalized spacial score (nSPS) is 11.0. The highest BCUT2D eigenvalue weighted by Gasteiger charge is 1.95. The summed E-state index contributed by atoms with van der Waals surface area (Å²) in [6.45, 7) is 1.45. The number of hydrogen-bond acceptors (Lipinski definition) is 3. The van der Waals surface area contributed by atoms with Crippen LogP contribution in [0.2, 0.25) is 0 Å². The van der Waals surface area contributed by atoms with Crippen LogP contribution in [0.3, 0.4) is 0 Å². The Bertz CT molecular complexity index is 383. The van der Waals surface area contributed by atoms with Gasteiger partial charge in [0.05, 0.1) is 0 Å². The van der Waals surface area contributed by atoms with Crippen molar-refractivity contribution in [2.75, 3.05) is 27.2 Å². The second-order valence-corrected chi connectivity index (χ2v) is 4.02. The Labute approximate surface area is 102 Å². The van der Waals surface area contributed by atoms with Gasteiger partial charge < -0.3 is 15.3 Å². The van der Waals surface area contributed by atoms with Crippen LogP contribution in [-0.2, 0) is 4.79 Å². The third-order valence-electron chi connectivity index (χ3n) is 2.18. The summed E-state index contributed by atoms with van der Waals surface area (Å²) in [6, 6.07) is 6.67. The number of phenols is 1. The molecule has 0 radical (unpaired) electrons. The first-order valence-corrected chi connectivity index (χ1v) is 5.47. The molecule has 1 rings (SSSR count). The lowest BCUT2D eigenvalue weighted by molar-refractivity contribution is -0.116. The summed E-state index contributed by atoms with van der Waals surface area (Å²) in [6.07, 6.45) is 3.20. The molecule has 0 unspecified atom stereocenters. The van der Waals surface area contributed by atoms with Gasteiger partial charge in [-0.25, -0.2) is 0 Å². The van der Waals surface area contributed by atoms with Crippen LogP contribution in [0, 0.1) is 0 Å². The minimum Gasteiger partial charge on any atom is -0.508 e. The zero-order valence-electron chi connectivity index (χ0n) is 10.2. The molecule has 0 saturated heterocycles. The Morgan fingerprint density at radius 1 is 1.35 bits per heavy atom. The summed E-state index contributed by atoms with van der Waals surface area (Å²) < 4.78 is 0. The van der Waals surface area contributed by atoms with E-state index in [1.807, 2.05) is 19.0 Å². The molecule has 4 nitrogen and oxygen atoms in total. The van der Waals surface area contributed by atoms with Crippen molar-refractivity contribution in [2.45, 2.75) is 0 Å². The van der Waals surface area contributed by atoms with Crippen molar-refractivity contribution >= 4 is 12.0 Å². The van der Waals surface area contributed by atoms with Crippen molar-refractivity contribution in [2.24, 2.45) is 0 Å². The average molecular weight is 234 g/mol. The zero-order valence-corrected chi connectivity index (χ0v) is 10.2. The quantitative estimate of drug-likeness (QED) is 0.750. The monoisotopic (exact) mass is 234 g/mol. The molecule has 1 amide bonds. The summed E-state index contributed by atoms with van der Waals surface area (Å²) in [5, 5.41) is 11.9. The Kier molecular flexibility index (Phi) is 5.23. The highest BCUT2D eigenvalue weighted by Crippen LogP contribution is 2.10. The Morgan fingerprint density at radius 2 is 2.00 bits per heavy atom. The van der Waals surface area contributed by atoms with Gasteiger partial charge in [-0.1, -0.05) is 12.1 Å². The minimum atomic E-state index is -0.111. The minimum absolute atomic E-state index is 0.111. The predicted molar refractivity (Wildman–Crippen MR) is 68.7 cm³/mol. The van der Waals surface area contributed by atoms with Gasteiger partial charge in [0.1, 0.15) is 5.75 Å². The average Bonchev–Trinajstić information content (AvgIpc) is 2.28. The predicted octanol–water partition coefficient (Wildman–Crippen LogP) is 1.08. The van der Waals surface area contributed by atoms with Gasteiger partial charge in [0.25, 0.3) is 0 Å². The van der Waals surface area contributed by atoms with Gasteiger partial charge in [0.2, 0.25) is 5.91 Å². The van der Waals surface area contributed by atoms with E-state index < -0.39 is 0 Å². The Morgan fingerprint density at radius 3 is 2.59 bits per heavy atom. The summed E-state index contributed by atoms with van der Waals surface area (Å²) in [7, 11) is 3.91. The molecule has 0 saturated carbocycles. The summed E-state index contributed by atoms with van der Waals surface area (Å²) in [5.41, 5.74) is 0.880. The topological polar surface area (TPSA) is 52.6 Å². The first-order chi connectivity index (χ1) is 8.08. The van der Waals surface area contributed by atoms with Gasteiger partial charge in [0.15, 0.2) is 0 Å². The van der Waals surface area contributed by atoms with Crippen LogP contribution in [0.1, 0.15) is 5.56 Å². The number of likely N-dealkylation sites (N-methyl/N-ethyl adjacent to an activating group) is 1. The number of carbonyl (C=O) groups is 1. The lowest BCUT2D eigenvalue weighted by Gasteiger charge is -2.08. The van der Waals surface area contributed by atoms with E-state index in [-0.39, 0.29) is 11.7 Å². The number of carbonyl (C=O) groups excluding carboxylic acids is 1. The lowest BCUT2D eigenvalue weighted by atomic mass is 10.2. The number of rotatable bonds is 5. The van der Waals surface area contributed by atoms with Crippen LogP contribution < -0.4 is 5.32 Å². The molecule has 0 aliphatic carbocycles. The molecule has 0 spiro atoms. The van der Waals surface area contributed by atoms with Gasteiger partial charge in [-0.2, -0.15) is 0 Å². The maximum Gasteiger partial charge on any atom is 0.244 e. The van der Waals surface area contributed by atoms with Crippen LogP contribution in [0.15, 0.2) is 30.3 Å². The molecule has 0 atom stereocenters. The molecule has 92 valence electrons. The summed E-state index contributed by atoms with van der Waals surface area (Å²) in [5.74, 6) is 0.109. The highest BCUT2D eigenvalue weighted by atomic mass is 16.3. The molecule has 0 fully saturated rings. The summed E-state index contributed by atoms with van der Waals surface area (Å²) >= 11 is 0. The van der Waals surface area contributed by atoms with Crippen LogP contribution in [-0.4, -0.2) is 43.1 Å². The second kappa shape index (κ2) is 6.70. The fourth-order valence-corrected chi connectivity index (χ4v) is 1.22. The molecule has 4 heteroatoms. The number of hydrogen-bond donors (Lipinski definition) is 2. The van der Waals surface area contributed by atoms with Gasteiger partial charge in [-0.15, -0.1) is 0 Å². The molecule has 0 aromatic heterocycles. The smallest absolute Gasteiger partial charge is 0.244 e. The van der Waals surface area contributed by atoms with Crippen LogP contribution in [0.25, 0.3) is 6.08 Å². The molecule has 17 heavy (non-hydrogen) atoms. The fraction of sp³-hybridized carbons (Fsp3) is 0.308. The van der Waals surface area contributed by atoms with E-state index in [0.29, 0.717) is 6.54 Å². The van der Waals surface area contributed by atoms with E-state index in [0.717, 1.165) is 12.1 Å². The molecule has 0 bridgehead atoms. The first kappa shape index (κ1) is 13.3. The van der Waals surface area contributed by atoms with Gasteiger partial charge in [-0.05, 0) is 37.9 Å². The van der Waals surface area contributed by atoms with E-state index in [9.17, 15) is 4.79 Å². The lowest BCUT2D eigenvalue weighted by Crippen LogP contribution is -2.30. The Hall–Kier alpha value is -1.81. The van der Waals surface area contributed by atoms with Crippen LogP contribution in [0.5, 0.6) is 5.75 Å². The van der Waals surface area contributed by atoms with Crippen molar-refractivity contribution in [1.29, 1.82) is 0 Å². The third-order valence-corrected chi connectivity index (χ3v) is 2.18. The SMILES string of the molecule is CN(C)CCNC(=O)/C=C/c1ccc(O)cc1. The second-order valence-electron chi connectivity index (χ2n) is 4.02. The maximum absolute atomic E-state index is 11.4. The third kappa shape index (κ3) is 5.73. The van der Waals surface area contributed by atoms with Crippen LogP contribution in [0.4, 0.5) is 0 Å². The van der Waals surface area contributed by atoms with E-state index in [4.69, 9.17) is 5.11 Å². The van der Waals surface area contributed by atoms with E-state index in [1.54, 1.807) is 30.3 Å². The molecular weight excluding hydrogens is 216 g/mol. The summed E-state index contributed by atoms with van der Waals surface area (Å²) in [4.78, 5) is 13.4. The molecule has 0 aliphatic rings. The van der Waals surface area contributed by atoms with Crippen LogP contribution >= 0.6 is 0 Å². The number of amides is 1. The number of nitrogens with zero attached hydrogens (tertiary/aromatic N) is 1. The van der Waals surface area contributed by atoms with Crippen molar-refractivity contribution < 1.29 is 9.90 Å². The molecule has 1 aromatic rings. The van der Waals surface area contributed by atoms with Crippen molar-refractivity contribution in [3.8, 4) is 5.75 Å². The fourth-order valence-electron chi connectivity index (χ4n) is 1.22. The molecule has 0 aliphatic heterocycles. The van der Waals surface area contributed by atoms with Gasteiger partial charge in [0, 0.05) is 19.2 Å². The molecule has 0 heterocycles. The number of phenolic OH excluding ortho intramolecular Hbond substituents is 1.